The minimum absolute atomic E-state index is 0.0985. The monoisotopic (exact) mass is 420 g/mol. The zero-order chi connectivity index (χ0) is 22.4. The highest BCUT2D eigenvalue weighted by atomic mass is 16.5. The summed E-state index contributed by atoms with van der Waals surface area (Å²) in [6.07, 6.45) is 2.77. The Morgan fingerprint density at radius 2 is 1.90 bits per heavy atom. The molecule has 2 aromatic rings. The number of aryl methyl sites for hydroxylation is 1. The summed E-state index contributed by atoms with van der Waals surface area (Å²) in [5.41, 5.74) is 5.00. The van der Waals surface area contributed by atoms with E-state index in [4.69, 9.17) is 4.74 Å². The van der Waals surface area contributed by atoms with Gasteiger partial charge in [-0.25, -0.2) is 0 Å². The first-order valence-corrected chi connectivity index (χ1v) is 10.9. The number of ether oxygens (including phenoxy) is 1. The molecule has 1 saturated heterocycles. The van der Waals surface area contributed by atoms with E-state index in [2.05, 4.69) is 41.6 Å². The summed E-state index contributed by atoms with van der Waals surface area (Å²) < 4.78 is 7.64. The predicted octanol–water partition coefficient (Wildman–Crippen LogP) is 4.53. The number of amides is 1. The van der Waals surface area contributed by atoms with E-state index in [-0.39, 0.29) is 5.57 Å². The predicted molar refractivity (Wildman–Crippen MR) is 125 cm³/mol. The Hall–Kier alpha value is -3.04. The van der Waals surface area contributed by atoms with Gasteiger partial charge in [0.05, 0.1) is 13.2 Å². The lowest BCUT2D eigenvalue weighted by Crippen LogP contribution is -2.36. The van der Waals surface area contributed by atoms with E-state index >= 15 is 0 Å². The minimum atomic E-state index is -0.395. The molecular weight excluding hydrogens is 388 g/mol. The molecule has 0 unspecified atom stereocenters. The van der Waals surface area contributed by atoms with E-state index < -0.39 is 5.91 Å². The number of hydrogen-bond donors (Lipinski definition) is 1. The summed E-state index contributed by atoms with van der Waals surface area (Å²) in [7, 11) is 0. The van der Waals surface area contributed by atoms with Crippen LogP contribution < -0.4 is 10.2 Å². The highest BCUT2D eigenvalue weighted by Crippen LogP contribution is 2.22. The van der Waals surface area contributed by atoms with Crippen molar-refractivity contribution in [1.29, 1.82) is 5.26 Å². The smallest absolute Gasteiger partial charge is 0.266 e. The molecule has 0 spiro atoms. The van der Waals surface area contributed by atoms with Crippen LogP contribution in [0, 0.1) is 31.1 Å². The zero-order valence-corrected chi connectivity index (χ0v) is 18.9. The summed E-state index contributed by atoms with van der Waals surface area (Å²) in [4.78, 5) is 15.0. The average Bonchev–Trinajstić information content (AvgIpc) is 3.03. The number of anilines is 2. The highest BCUT2D eigenvalue weighted by molar-refractivity contribution is 6.09. The van der Waals surface area contributed by atoms with Crippen LogP contribution in [0.2, 0.25) is 0 Å². The van der Waals surface area contributed by atoms with Crippen molar-refractivity contribution in [2.75, 3.05) is 36.5 Å². The standard InChI is InChI=1S/C25H32N4O2/c1-18(2)9-10-29-19(3)15-21(20(29)4)16-22(17-26)25(30)27-23-5-7-24(8-6-23)28-11-13-31-14-12-28/h5-8,15-16,18H,9-14H2,1-4H3,(H,27,30)/b22-16+. The molecule has 31 heavy (non-hydrogen) atoms. The summed E-state index contributed by atoms with van der Waals surface area (Å²) in [6.45, 7) is 12.6. The number of nitrogens with zero attached hydrogens (tertiary/aromatic N) is 3. The SMILES string of the molecule is Cc1cc(/C=C(\C#N)C(=O)Nc2ccc(N3CCOCC3)cc2)c(C)n1CCC(C)C. The first-order chi connectivity index (χ1) is 14.9. The molecule has 1 amide bonds. The van der Waals surface area contributed by atoms with E-state index in [0.29, 0.717) is 11.6 Å². The summed E-state index contributed by atoms with van der Waals surface area (Å²) >= 11 is 0. The van der Waals surface area contributed by atoms with Gasteiger partial charge in [-0.1, -0.05) is 13.8 Å². The first-order valence-electron chi connectivity index (χ1n) is 10.9. The Kier molecular flexibility index (Phi) is 7.54. The van der Waals surface area contributed by atoms with Gasteiger partial charge in [-0.05, 0) is 68.2 Å². The molecule has 1 aromatic heterocycles. The number of carbonyl (C=O) groups excluding carboxylic acids is 1. The summed E-state index contributed by atoms with van der Waals surface area (Å²) in [6, 6.07) is 11.8. The van der Waals surface area contributed by atoms with Crippen LogP contribution in [0.3, 0.4) is 0 Å². The Bertz CT molecular complexity index is 974. The van der Waals surface area contributed by atoms with E-state index in [1.165, 1.54) is 0 Å². The van der Waals surface area contributed by atoms with Crippen molar-refractivity contribution in [2.45, 2.75) is 40.7 Å². The molecule has 0 atom stereocenters. The van der Waals surface area contributed by atoms with Gasteiger partial charge in [0.25, 0.3) is 5.91 Å². The van der Waals surface area contributed by atoms with Gasteiger partial charge >= 0.3 is 0 Å². The lowest BCUT2D eigenvalue weighted by molar-refractivity contribution is -0.112. The van der Waals surface area contributed by atoms with Crippen molar-refractivity contribution in [3.8, 4) is 6.07 Å². The molecule has 1 aromatic carbocycles. The maximum absolute atomic E-state index is 12.7. The number of benzene rings is 1. The second kappa shape index (κ2) is 10.3. The third-order valence-corrected chi connectivity index (χ3v) is 5.71. The molecule has 3 rings (SSSR count). The topological polar surface area (TPSA) is 70.3 Å². The van der Waals surface area contributed by atoms with Crippen molar-refractivity contribution < 1.29 is 9.53 Å². The molecule has 0 saturated carbocycles. The van der Waals surface area contributed by atoms with Crippen molar-refractivity contribution in [3.05, 3.63) is 52.9 Å². The molecule has 0 bridgehead atoms. The van der Waals surface area contributed by atoms with Crippen LogP contribution >= 0.6 is 0 Å². The molecule has 164 valence electrons. The van der Waals surface area contributed by atoms with Gasteiger partial charge < -0.3 is 19.5 Å². The Morgan fingerprint density at radius 3 is 2.52 bits per heavy atom. The maximum Gasteiger partial charge on any atom is 0.266 e. The number of aromatic nitrogens is 1. The van der Waals surface area contributed by atoms with E-state index in [1.54, 1.807) is 6.08 Å². The number of hydrogen-bond acceptors (Lipinski definition) is 4. The quantitative estimate of drug-likeness (QED) is 0.528. The summed E-state index contributed by atoms with van der Waals surface area (Å²) in [5.74, 6) is 0.226. The van der Waals surface area contributed by atoms with Gasteiger partial charge in [-0.2, -0.15) is 5.26 Å². The molecule has 2 heterocycles. The molecule has 1 N–H and O–H groups in total. The molecule has 0 radical (unpaired) electrons. The van der Waals surface area contributed by atoms with Crippen LogP contribution in [0.5, 0.6) is 0 Å². The molecule has 1 fully saturated rings. The Morgan fingerprint density at radius 1 is 1.23 bits per heavy atom. The van der Waals surface area contributed by atoms with Crippen molar-refractivity contribution >= 4 is 23.4 Å². The lowest BCUT2D eigenvalue weighted by atomic mass is 10.1. The van der Waals surface area contributed by atoms with Crippen LogP contribution in [-0.2, 0) is 16.1 Å². The summed E-state index contributed by atoms with van der Waals surface area (Å²) in [5, 5.41) is 12.4. The average molecular weight is 421 g/mol. The molecule has 6 heteroatoms. The minimum Gasteiger partial charge on any atom is -0.378 e. The van der Waals surface area contributed by atoms with E-state index in [1.807, 2.05) is 37.3 Å². The molecule has 0 aliphatic carbocycles. The first kappa shape index (κ1) is 22.6. The Labute approximate surface area is 185 Å². The fraction of sp³-hybridized carbons (Fsp3) is 0.440. The fourth-order valence-electron chi connectivity index (χ4n) is 3.78. The van der Waals surface area contributed by atoms with Crippen LogP contribution in [0.15, 0.2) is 35.9 Å². The zero-order valence-electron chi connectivity index (χ0n) is 18.9. The number of nitrogens with one attached hydrogen (secondary N) is 1. The van der Waals surface area contributed by atoms with Gasteiger partial charge in [0.2, 0.25) is 0 Å². The second-order valence-electron chi connectivity index (χ2n) is 8.43. The van der Waals surface area contributed by atoms with Crippen molar-refractivity contribution in [1.82, 2.24) is 4.57 Å². The maximum atomic E-state index is 12.7. The van der Waals surface area contributed by atoms with Crippen molar-refractivity contribution in [3.63, 3.8) is 0 Å². The van der Waals surface area contributed by atoms with Crippen LogP contribution in [-0.4, -0.2) is 36.8 Å². The van der Waals surface area contributed by atoms with Crippen LogP contribution in [0.4, 0.5) is 11.4 Å². The van der Waals surface area contributed by atoms with E-state index in [9.17, 15) is 10.1 Å². The van der Waals surface area contributed by atoms with Gasteiger partial charge in [-0.15, -0.1) is 0 Å². The van der Waals surface area contributed by atoms with Gasteiger partial charge in [0.1, 0.15) is 11.6 Å². The second-order valence-corrected chi connectivity index (χ2v) is 8.43. The van der Waals surface area contributed by atoms with Gasteiger partial charge in [0.15, 0.2) is 0 Å². The lowest BCUT2D eigenvalue weighted by Gasteiger charge is -2.28. The van der Waals surface area contributed by atoms with Crippen LogP contribution in [0.1, 0.15) is 37.2 Å². The molecule has 6 nitrogen and oxygen atoms in total. The van der Waals surface area contributed by atoms with Gasteiger partial charge in [0, 0.05) is 42.4 Å². The number of carbonyl (C=O) groups is 1. The van der Waals surface area contributed by atoms with E-state index in [0.717, 1.165) is 61.9 Å². The van der Waals surface area contributed by atoms with Gasteiger partial charge in [-0.3, -0.25) is 4.79 Å². The van der Waals surface area contributed by atoms with Crippen LogP contribution in [0.25, 0.3) is 6.08 Å². The third-order valence-electron chi connectivity index (χ3n) is 5.71. The highest BCUT2D eigenvalue weighted by Gasteiger charge is 2.15. The molecule has 1 aliphatic rings. The molecular formula is C25H32N4O2. The number of morpholine rings is 1. The third kappa shape index (κ3) is 5.77. The normalized spacial score (nSPS) is 14.6. The number of rotatable bonds is 7. The Balaban J connectivity index is 1.71. The largest absolute Gasteiger partial charge is 0.378 e. The molecule has 1 aliphatic heterocycles. The number of nitriles is 1. The van der Waals surface area contributed by atoms with Crippen molar-refractivity contribution in [2.24, 2.45) is 5.92 Å². The fourth-order valence-corrected chi connectivity index (χ4v) is 3.78.